The van der Waals surface area contributed by atoms with E-state index in [2.05, 4.69) is 5.32 Å². The number of aryl methyl sites for hydroxylation is 1. The van der Waals surface area contributed by atoms with Crippen LogP contribution in [-0.2, 0) is 25.5 Å². The first kappa shape index (κ1) is 22.5. The average Bonchev–Trinajstić information content (AvgIpc) is 3.33. The number of esters is 1. The van der Waals surface area contributed by atoms with Gasteiger partial charge in [0.05, 0.1) is 6.61 Å². The van der Waals surface area contributed by atoms with Gasteiger partial charge in [-0.1, -0.05) is 30.3 Å². The van der Waals surface area contributed by atoms with Gasteiger partial charge in [0.2, 0.25) is 6.04 Å². The minimum Gasteiger partial charge on any atom is -0.464 e. The lowest BCUT2D eigenvalue weighted by atomic mass is 10.1. The Morgan fingerprint density at radius 3 is 2.47 bits per heavy atom. The maximum absolute atomic E-state index is 13.6. The van der Waals surface area contributed by atoms with Gasteiger partial charge in [-0.3, -0.25) is 10.1 Å². The molecule has 1 saturated heterocycles. The second kappa shape index (κ2) is 9.75. The zero-order chi connectivity index (χ0) is 21.7. The number of nitrogens with one attached hydrogen (secondary N) is 1. The second-order valence-corrected chi connectivity index (χ2v) is 9.13. The minimum absolute atomic E-state index is 0.127. The summed E-state index contributed by atoms with van der Waals surface area (Å²) in [6, 6.07) is 7.75. The first-order chi connectivity index (χ1) is 14.4. The lowest BCUT2D eigenvalue weighted by molar-refractivity contribution is -0.805. The van der Waals surface area contributed by atoms with Crippen LogP contribution in [0, 0.1) is 0 Å². The number of carbonyl (C=O) groups is 4. The SMILES string of the molecule is CCOC(=O)C1NC(=O)[N+](C2CCCC2)(C(CCc2ccccc2)SC(C)=O)C1=O. The average molecular weight is 434 g/mol. The predicted molar refractivity (Wildman–Crippen MR) is 113 cm³/mol. The Kier molecular flexibility index (Phi) is 7.31. The number of hydrogen-bond donors (Lipinski definition) is 1. The molecule has 3 unspecified atom stereocenters. The molecule has 7 nitrogen and oxygen atoms in total. The molecule has 162 valence electrons. The molecule has 0 spiro atoms. The van der Waals surface area contributed by atoms with Crippen LogP contribution < -0.4 is 5.32 Å². The van der Waals surface area contributed by atoms with Crippen molar-refractivity contribution >= 4 is 34.8 Å². The highest BCUT2D eigenvalue weighted by molar-refractivity contribution is 8.13. The summed E-state index contributed by atoms with van der Waals surface area (Å²) < 4.78 is 4.55. The first-order valence-corrected chi connectivity index (χ1v) is 11.4. The van der Waals surface area contributed by atoms with Gasteiger partial charge < -0.3 is 4.74 Å². The summed E-state index contributed by atoms with van der Waals surface area (Å²) in [5.41, 5.74) is 1.07. The lowest BCUT2D eigenvalue weighted by Crippen LogP contribution is -2.64. The smallest absolute Gasteiger partial charge is 0.426 e. The molecule has 1 aliphatic carbocycles. The fourth-order valence-electron chi connectivity index (χ4n) is 4.63. The molecule has 0 aromatic heterocycles. The van der Waals surface area contributed by atoms with Gasteiger partial charge in [-0.2, -0.15) is 4.48 Å². The van der Waals surface area contributed by atoms with Crippen LogP contribution in [0.4, 0.5) is 4.79 Å². The largest absolute Gasteiger partial charge is 0.464 e. The van der Waals surface area contributed by atoms with Crippen molar-refractivity contribution in [2.45, 2.75) is 69.8 Å². The van der Waals surface area contributed by atoms with Crippen LogP contribution in [0.25, 0.3) is 0 Å². The van der Waals surface area contributed by atoms with E-state index in [4.69, 9.17) is 4.74 Å². The number of nitrogens with zero attached hydrogens (tertiary/aromatic N) is 1. The van der Waals surface area contributed by atoms with E-state index < -0.39 is 33.8 Å². The van der Waals surface area contributed by atoms with Crippen molar-refractivity contribution in [2.24, 2.45) is 0 Å². The number of ether oxygens (including phenoxy) is 1. The molecular formula is C22H29N2O5S+. The first-order valence-electron chi connectivity index (χ1n) is 10.5. The molecule has 0 bridgehead atoms. The highest BCUT2D eigenvalue weighted by atomic mass is 32.2. The molecule has 0 radical (unpaired) electrons. The van der Waals surface area contributed by atoms with Gasteiger partial charge in [-0.15, -0.1) is 0 Å². The molecule has 1 aliphatic heterocycles. The van der Waals surface area contributed by atoms with Crippen LogP contribution in [0.3, 0.4) is 0 Å². The van der Waals surface area contributed by atoms with Gasteiger partial charge in [0, 0.05) is 26.2 Å². The Bertz CT molecular complexity index is 809. The monoisotopic (exact) mass is 433 g/mol. The normalized spacial score (nSPS) is 25.2. The van der Waals surface area contributed by atoms with E-state index in [1.54, 1.807) is 6.92 Å². The fraction of sp³-hybridized carbons (Fsp3) is 0.545. The van der Waals surface area contributed by atoms with Crippen LogP contribution in [0.15, 0.2) is 30.3 Å². The Balaban J connectivity index is 1.98. The Hall–Kier alpha value is -2.19. The van der Waals surface area contributed by atoms with Gasteiger partial charge in [0.25, 0.3) is 0 Å². The van der Waals surface area contributed by atoms with E-state index in [-0.39, 0.29) is 17.8 Å². The summed E-state index contributed by atoms with van der Waals surface area (Å²) >= 11 is 1.04. The third-order valence-electron chi connectivity index (χ3n) is 5.92. The van der Waals surface area contributed by atoms with E-state index in [1.165, 1.54) is 6.92 Å². The van der Waals surface area contributed by atoms with Crippen LogP contribution in [0.2, 0.25) is 0 Å². The molecule has 3 atom stereocenters. The molecule has 2 aliphatic rings. The number of carbonyl (C=O) groups excluding carboxylic acids is 4. The number of benzene rings is 1. The van der Waals surface area contributed by atoms with Crippen molar-refractivity contribution in [2.75, 3.05) is 6.61 Å². The summed E-state index contributed by atoms with van der Waals surface area (Å²) in [7, 11) is 0. The molecule has 30 heavy (non-hydrogen) atoms. The Labute approximate surface area is 181 Å². The second-order valence-electron chi connectivity index (χ2n) is 7.78. The van der Waals surface area contributed by atoms with Crippen molar-refractivity contribution in [1.29, 1.82) is 0 Å². The highest BCUT2D eigenvalue weighted by Gasteiger charge is 2.66. The van der Waals surface area contributed by atoms with E-state index >= 15 is 0 Å². The third kappa shape index (κ3) is 4.30. The summed E-state index contributed by atoms with van der Waals surface area (Å²) in [4.78, 5) is 51.5. The van der Waals surface area contributed by atoms with Crippen LogP contribution >= 0.6 is 11.8 Å². The third-order valence-corrected chi connectivity index (χ3v) is 7.09. The molecular weight excluding hydrogens is 404 g/mol. The van der Waals surface area contributed by atoms with Gasteiger partial charge >= 0.3 is 17.9 Å². The summed E-state index contributed by atoms with van der Waals surface area (Å²) in [5.74, 6) is -1.22. The van der Waals surface area contributed by atoms with Crippen LogP contribution in [0.1, 0.15) is 51.5 Å². The summed E-state index contributed by atoms with van der Waals surface area (Å²) in [6.45, 7) is 3.24. The van der Waals surface area contributed by atoms with Crippen molar-refractivity contribution in [3.05, 3.63) is 35.9 Å². The Morgan fingerprint density at radius 2 is 1.87 bits per heavy atom. The molecule has 8 heteroatoms. The zero-order valence-electron chi connectivity index (χ0n) is 17.5. The standard InChI is InChI=1S/C22H28N2O5S/c1-3-29-21(27)19-20(26)24(22(28)23-19,17-11-7-8-12-17)18(30-15(2)25)14-13-16-9-5-4-6-10-16/h4-6,9-10,17-19H,3,7-8,11-14H2,1-2H3/p+1. The van der Waals surface area contributed by atoms with E-state index in [9.17, 15) is 19.2 Å². The molecule has 1 aromatic rings. The van der Waals surface area contributed by atoms with Gasteiger partial charge in [0.15, 0.2) is 10.5 Å². The molecule has 1 saturated carbocycles. The van der Waals surface area contributed by atoms with Crippen molar-refractivity contribution < 1.29 is 28.4 Å². The number of rotatable bonds is 8. The maximum atomic E-state index is 13.6. The predicted octanol–water partition coefficient (Wildman–Crippen LogP) is 3.17. The Morgan fingerprint density at radius 1 is 1.20 bits per heavy atom. The topological polar surface area (TPSA) is 89.5 Å². The molecule has 1 aromatic carbocycles. The molecule has 2 fully saturated rings. The number of thioether (sulfide) groups is 1. The quantitative estimate of drug-likeness (QED) is 0.293. The van der Waals surface area contributed by atoms with E-state index in [0.717, 1.165) is 43.0 Å². The van der Waals surface area contributed by atoms with Crippen molar-refractivity contribution in [3.63, 3.8) is 0 Å². The number of quaternary nitrogens is 1. The van der Waals surface area contributed by atoms with Crippen LogP contribution in [0.5, 0.6) is 0 Å². The molecule has 3 rings (SSSR count). The van der Waals surface area contributed by atoms with E-state index in [0.29, 0.717) is 12.8 Å². The van der Waals surface area contributed by atoms with Crippen molar-refractivity contribution in [1.82, 2.24) is 5.32 Å². The van der Waals surface area contributed by atoms with Gasteiger partial charge in [-0.05, 0) is 43.5 Å². The summed E-state index contributed by atoms with van der Waals surface area (Å²) in [5, 5.41) is 1.86. The number of imide groups is 1. The summed E-state index contributed by atoms with van der Waals surface area (Å²) in [6.07, 6.45) is 4.38. The number of urea groups is 1. The lowest BCUT2D eigenvalue weighted by Gasteiger charge is -2.39. The maximum Gasteiger partial charge on any atom is 0.426 e. The molecule has 1 heterocycles. The van der Waals surface area contributed by atoms with Gasteiger partial charge in [-0.25, -0.2) is 14.4 Å². The zero-order valence-corrected chi connectivity index (χ0v) is 18.3. The van der Waals surface area contributed by atoms with Crippen LogP contribution in [-0.4, -0.2) is 51.6 Å². The molecule has 1 N–H and O–H groups in total. The molecule has 3 amide bonds. The van der Waals surface area contributed by atoms with Crippen molar-refractivity contribution in [3.8, 4) is 0 Å². The highest BCUT2D eigenvalue weighted by Crippen LogP contribution is 2.41. The number of amides is 3. The van der Waals surface area contributed by atoms with Gasteiger partial charge in [0.1, 0.15) is 6.04 Å². The number of hydrogen-bond acceptors (Lipinski definition) is 6. The minimum atomic E-state index is -1.31. The van der Waals surface area contributed by atoms with E-state index in [1.807, 2.05) is 30.3 Å². The fourth-order valence-corrected chi connectivity index (χ4v) is 5.79.